The lowest BCUT2D eigenvalue weighted by atomic mass is 9.86. The van der Waals surface area contributed by atoms with Gasteiger partial charge in [0.05, 0.1) is 10.7 Å². The molecular weight excluding hydrogens is 318 g/mol. The average Bonchev–Trinajstić information content (AvgIpc) is 2.40. The molecule has 1 aromatic carbocycles. The highest BCUT2D eigenvalue weighted by atomic mass is 35.5. The molecule has 7 heteroatoms. The summed E-state index contributed by atoms with van der Waals surface area (Å²) >= 11 is 10.9. The number of rotatable bonds is 3. The van der Waals surface area contributed by atoms with Gasteiger partial charge < -0.3 is 11.1 Å². The van der Waals surface area contributed by atoms with Gasteiger partial charge in [-0.1, -0.05) is 23.8 Å². The second-order valence-corrected chi connectivity index (χ2v) is 6.03. The van der Waals surface area contributed by atoms with E-state index in [0.29, 0.717) is 16.3 Å². The van der Waals surface area contributed by atoms with E-state index in [0.717, 1.165) is 0 Å². The molecule has 114 valence electrons. The van der Waals surface area contributed by atoms with Gasteiger partial charge >= 0.3 is 0 Å². The molecule has 1 aliphatic rings. The molecule has 0 radical (unpaired) electrons. The Labute approximate surface area is 131 Å². The summed E-state index contributed by atoms with van der Waals surface area (Å²) in [5.74, 6) is -3.33. The summed E-state index contributed by atoms with van der Waals surface area (Å²) in [6.45, 7) is 0. The van der Waals surface area contributed by atoms with Crippen LogP contribution in [0.4, 0.5) is 14.5 Å². The van der Waals surface area contributed by atoms with Gasteiger partial charge in [0, 0.05) is 24.3 Å². The van der Waals surface area contributed by atoms with E-state index in [4.69, 9.17) is 29.6 Å². The maximum Gasteiger partial charge on any atom is 0.248 e. The van der Waals surface area contributed by atoms with Gasteiger partial charge in [-0.25, -0.2) is 8.78 Å². The molecule has 2 rings (SSSR count). The smallest absolute Gasteiger partial charge is 0.248 e. The standard InChI is InChI=1S/C14H15ClF2N2OS/c15-10-7-9(12(18)21)1-2-11(10)19-13(20)8-3-5-14(16,17)6-4-8/h1-2,7-8H,3-6H2,(H2,18,21)(H,19,20). The Morgan fingerprint density at radius 3 is 2.52 bits per heavy atom. The fourth-order valence-corrected chi connectivity index (χ4v) is 2.66. The highest BCUT2D eigenvalue weighted by Gasteiger charge is 2.37. The molecule has 0 aromatic heterocycles. The number of anilines is 1. The van der Waals surface area contributed by atoms with Crippen LogP contribution >= 0.6 is 23.8 Å². The molecule has 21 heavy (non-hydrogen) atoms. The number of alkyl halides is 2. The van der Waals surface area contributed by atoms with Gasteiger partial charge in [0.2, 0.25) is 11.8 Å². The Morgan fingerprint density at radius 1 is 1.38 bits per heavy atom. The molecule has 0 spiro atoms. The molecule has 0 saturated heterocycles. The van der Waals surface area contributed by atoms with Crippen molar-refractivity contribution in [2.45, 2.75) is 31.6 Å². The van der Waals surface area contributed by atoms with E-state index in [1.807, 2.05) is 0 Å². The number of halogens is 3. The number of thiocarbonyl (C=S) groups is 1. The zero-order valence-electron chi connectivity index (χ0n) is 11.2. The summed E-state index contributed by atoms with van der Waals surface area (Å²) < 4.78 is 26.2. The van der Waals surface area contributed by atoms with E-state index < -0.39 is 11.8 Å². The summed E-state index contributed by atoms with van der Waals surface area (Å²) in [5, 5.41) is 2.99. The zero-order chi connectivity index (χ0) is 15.6. The van der Waals surface area contributed by atoms with E-state index in [9.17, 15) is 13.6 Å². The van der Waals surface area contributed by atoms with Crippen LogP contribution in [0.5, 0.6) is 0 Å². The van der Waals surface area contributed by atoms with Gasteiger partial charge in [-0.3, -0.25) is 4.79 Å². The van der Waals surface area contributed by atoms with Crippen molar-refractivity contribution in [2.24, 2.45) is 11.7 Å². The fourth-order valence-electron chi connectivity index (χ4n) is 2.31. The normalized spacial score (nSPS) is 18.2. The van der Waals surface area contributed by atoms with Crippen molar-refractivity contribution in [3.8, 4) is 0 Å². The van der Waals surface area contributed by atoms with Gasteiger partial charge in [-0.15, -0.1) is 0 Å². The molecule has 0 aliphatic heterocycles. The highest BCUT2D eigenvalue weighted by molar-refractivity contribution is 7.80. The summed E-state index contributed by atoms with van der Waals surface area (Å²) in [5.41, 5.74) is 6.52. The predicted octanol–water partition coefficient (Wildman–Crippen LogP) is 3.74. The van der Waals surface area contributed by atoms with Crippen molar-refractivity contribution < 1.29 is 13.6 Å². The average molecular weight is 333 g/mol. The fraction of sp³-hybridized carbons (Fsp3) is 0.429. The number of hydrogen-bond donors (Lipinski definition) is 2. The second kappa shape index (κ2) is 6.23. The van der Waals surface area contributed by atoms with Crippen LogP contribution in [0.3, 0.4) is 0 Å². The minimum atomic E-state index is -2.65. The Hall–Kier alpha value is -1.27. The van der Waals surface area contributed by atoms with Crippen LogP contribution in [0.2, 0.25) is 5.02 Å². The highest BCUT2D eigenvalue weighted by Crippen LogP contribution is 2.36. The van der Waals surface area contributed by atoms with Crippen molar-refractivity contribution >= 4 is 40.4 Å². The Kier molecular flexibility index (Phi) is 4.78. The van der Waals surface area contributed by atoms with Gasteiger partial charge in [-0.2, -0.15) is 0 Å². The number of carbonyl (C=O) groups is 1. The van der Waals surface area contributed by atoms with Crippen LogP contribution in [0.1, 0.15) is 31.2 Å². The molecule has 3 N–H and O–H groups in total. The third kappa shape index (κ3) is 4.11. The van der Waals surface area contributed by atoms with Crippen LogP contribution in [-0.2, 0) is 4.79 Å². The van der Waals surface area contributed by atoms with Crippen molar-refractivity contribution in [3.05, 3.63) is 28.8 Å². The summed E-state index contributed by atoms with van der Waals surface area (Å²) in [6, 6.07) is 4.82. The molecular formula is C14H15ClF2N2OS. The monoisotopic (exact) mass is 332 g/mol. The first-order valence-corrected chi connectivity index (χ1v) is 7.35. The van der Waals surface area contributed by atoms with Gasteiger partial charge in [0.25, 0.3) is 0 Å². The molecule has 3 nitrogen and oxygen atoms in total. The molecule has 1 aromatic rings. The molecule has 1 fully saturated rings. The molecule has 0 unspecified atom stereocenters. The first-order valence-electron chi connectivity index (χ1n) is 6.56. The molecule has 1 aliphatic carbocycles. The Bertz CT molecular complexity index is 570. The number of amides is 1. The largest absolute Gasteiger partial charge is 0.389 e. The maximum absolute atomic E-state index is 13.1. The third-order valence-corrected chi connectivity index (χ3v) is 4.15. The summed E-state index contributed by atoms with van der Waals surface area (Å²) in [7, 11) is 0. The van der Waals surface area contributed by atoms with Crippen LogP contribution in [0, 0.1) is 5.92 Å². The zero-order valence-corrected chi connectivity index (χ0v) is 12.7. The first kappa shape index (κ1) is 16.1. The molecule has 1 amide bonds. The van der Waals surface area contributed by atoms with Crippen molar-refractivity contribution in [1.29, 1.82) is 0 Å². The van der Waals surface area contributed by atoms with E-state index in [-0.39, 0.29) is 36.6 Å². The topological polar surface area (TPSA) is 55.1 Å². The molecule has 0 bridgehead atoms. The second-order valence-electron chi connectivity index (χ2n) is 5.18. The summed E-state index contributed by atoms with van der Waals surface area (Å²) in [4.78, 5) is 12.3. The number of benzene rings is 1. The number of carbonyl (C=O) groups excluding carboxylic acids is 1. The number of hydrogen-bond acceptors (Lipinski definition) is 2. The van der Waals surface area contributed by atoms with E-state index in [2.05, 4.69) is 5.32 Å². The molecule has 1 saturated carbocycles. The van der Waals surface area contributed by atoms with Crippen LogP contribution in [-0.4, -0.2) is 16.8 Å². The van der Waals surface area contributed by atoms with Crippen molar-refractivity contribution in [1.82, 2.24) is 0 Å². The summed E-state index contributed by atoms with van der Waals surface area (Å²) in [6.07, 6.45) is -0.138. The van der Waals surface area contributed by atoms with E-state index in [1.54, 1.807) is 18.2 Å². The SMILES string of the molecule is NC(=S)c1ccc(NC(=O)C2CCC(F)(F)CC2)c(Cl)c1. The van der Waals surface area contributed by atoms with Crippen LogP contribution < -0.4 is 11.1 Å². The predicted molar refractivity (Wildman–Crippen MR) is 82.9 cm³/mol. The lowest BCUT2D eigenvalue weighted by molar-refractivity contribution is -0.124. The van der Waals surface area contributed by atoms with Gasteiger partial charge in [-0.05, 0) is 31.0 Å². The first-order chi connectivity index (χ1) is 9.78. The van der Waals surface area contributed by atoms with Crippen molar-refractivity contribution in [2.75, 3.05) is 5.32 Å². The minimum absolute atomic E-state index is 0.182. The van der Waals surface area contributed by atoms with Gasteiger partial charge in [0.1, 0.15) is 4.99 Å². The quantitative estimate of drug-likeness (QED) is 0.829. The minimum Gasteiger partial charge on any atom is -0.389 e. The third-order valence-electron chi connectivity index (χ3n) is 3.60. The number of nitrogens with one attached hydrogen (secondary N) is 1. The Morgan fingerprint density at radius 2 is 2.00 bits per heavy atom. The molecule has 0 atom stereocenters. The van der Waals surface area contributed by atoms with Crippen molar-refractivity contribution in [3.63, 3.8) is 0 Å². The van der Waals surface area contributed by atoms with Crippen LogP contribution in [0.25, 0.3) is 0 Å². The van der Waals surface area contributed by atoms with E-state index >= 15 is 0 Å². The van der Waals surface area contributed by atoms with Gasteiger partial charge in [0.15, 0.2) is 0 Å². The maximum atomic E-state index is 13.1. The van der Waals surface area contributed by atoms with Crippen LogP contribution in [0.15, 0.2) is 18.2 Å². The molecule has 0 heterocycles. The lowest BCUT2D eigenvalue weighted by Crippen LogP contribution is -2.31. The van der Waals surface area contributed by atoms with E-state index in [1.165, 1.54) is 0 Å². The lowest BCUT2D eigenvalue weighted by Gasteiger charge is -2.27. The number of nitrogens with two attached hydrogens (primary N) is 1. The Balaban J connectivity index is 2.02.